The van der Waals surface area contributed by atoms with Crippen molar-refractivity contribution in [1.82, 2.24) is 16.2 Å². The zero-order chi connectivity index (χ0) is 17.4. The van der Waals surface area contributed by atoms with E-state index in [2.05, 4.69) is 16.2 Å². The highest BCUT2D eigenvalue weighted by atomic mass is 32.1. The molecule has 0 atom stereocenters. The summed E-state index contributed by atoms with van der Waals surface area (Å²) >= 11 is 5.07. The Hall–Kier alpha value is -2.38. The van der Waals surface area contributed by atoms with Gasteiger partial charge >= 0.3 is 0 Å². The molecule has 6 nitrogen and oxygen atoms in total. The molecule has 0 unspecified atom stereocenters. The highest BCUT2D eigenvalue weighted by molar-refractivity contribution is 7.80. The van der Waals surface area contributed by atoms with Gasteiger partial charge in [0.1, 0.15) is 5.75 Å². The number of fused-ring (bicyclic) bond motifs is 1. The van der Waals surface area contributed by atoms with Gasteiger partial charge in [0.2, 0.25) is 0 Å². The van der Waals surface area contributed by atoms with Crippen molar-refractivity contribution in [1.29, 1.82) is 0 Å². The Balaban J connectivity index is 1.86. The van der Waals surface area contributed by atoms with Crippen molar-refractivity contribution >= 4 is 34.0 Å². The Morgan fingerprint density at radius 2 is 1.92 bits per heavy atom. The van der Waals surface area contributed by atoms with Crippen LogP contribution in [-0.4, -0.2) is 35.9 Å². The van der Waals surface area contributed by atoms with E-state index in [1.807, 2.05) is 31.2 Å². The van der Waals surface area contributed by atoms with E-state index in [1.54, 1.807) is 12.1 Å². The third-order valence-corrected chi connectivity index (χ3v) is 3.60. The maximum absolute atomic E-state index is 12.2. The summed E-state index contributed by atoms with van der Waals surface area (Å²) in [7, 11) is 0. The van der Waals surface area contributed by atoms with Crippen LogP contribution in [0.2, 0.25) is 0 Å². The number of nitrogens with one attached hydrogen (secondary N) is 3. The molecule has 0 spiro atoms. The monoisotopic (exact) mass is 347 g/mol. The van der Waals surface area contributed by atoms with Crippen LogP contribution >= 0.6 is 12.2 Å². The van der Waals surface area contributed by atoms with Gasteiger partial charge in [-0.1, -0.05) is 24.3 Å². The van der Waals surface area contributed by atoms with Crippen molar-refractivity contribution in [3.8, 4) is 5.75 Å². The topological polar surface area (TPSA) is 82.6 Å². The molecule has 7 heteroatoms. The molecular weight excluding hydrogens is 326 g/mol. The number of amides is 1. The number of hydrogen-bond donors (Lipinski definition) is 4. The van der Waals surface area contributed by atoms with Gasteiger partial charge in [-0.15, -0.1) is 0 Å². The predicted molar refractivity (Wildman–Crippen MR) is 97.9 cm³/mol. The quantitative estimate of drug-likeness (QED) is 0.364. The van der Waals surface area contributed by atoms with Crippen LogP contribution in [0, 0.1) is 0 Å². The average molecular weight is 347 g/mol. The first-order chi connectivity index (χ1) is 11.6. The number of phenolic OH excluding ortho intramolecular Hbond substituents is 1. The molecule has 0 radical (unpaired) electrons. The van der Waals surface area contributed by atoms with Crippen molar-refractivity contribution < 1.29 is 14.6 Å². The molecule has 24 heavy (non-hydrogen) atoms. The highest BCUT2D eigenvalue weighted by Gasteiger charge is 2.12. The van der Waals surface area contributed by atoms with Gasteiger partial charge in [0, 0.05) is 19.8 Å². The summed E-state index contributed by atoms with van der Waals surface area (Å²) in [6.45, 7) is 3.93. The van der Waals surface area contributed by atoms with Crippen LogP contribution in [-0.2, 0) is 4.74 Å². The Morgan fingerprint density at radius 3 is 2.62 bits per heavy atom. The standard InChI is InChI=1S/C17H21N3O3S/c1-2-23-9-5-8-18-17(24)20-19-16(22)14-10-12-6-3-4-7-13(12)11-15(14)21/h3-4,6-7,10-11,21H,2,5,8-9H2,1H3,(H,19,22)(H2,18,20,24). The van der Waals surface area contributed by atoms with Crippen LogP contribution in [0.4, 0.5) is 0 Å². The third-order valence-electron chi connectivity index (χ3n) is 3.35. The van der Waals surface area contributed by atoms with E-state index in [1.165, 1.54) is 0 Å². The van der Waals surface area contributed by atoms with Gasteiger partial charge in [-0.05, 0) is 48.5 Å². The van der Waals surface area contributed by atoms with E-state index in [-0.39, 0.29) is 11.3 Å². The summed E-state index contributed by atoms with van der Waals surface area (Å²) in [5.74, 6) is -0.541. The van der Waals surface area contributed by atoms with E-state index in [4.69, 9.17) is 17.0 Å². The molecule has 0 saturated heterocycles. The normalized spacial score (nSPS) is 10.4. The lowest BCUT2D eigenvalue weighted by Gasteiger charge is -2.12. The van der Waals surface area contributed by atoms with Gasteiger partial charge in [0.15, 0.2) is 5.11 Å². The number of benzene rings is 2. The van der Waals surface area contributed by atoms with Crippen LogP contribution in [0.3, 0.4) is 0 Å². The third kappa shape index (κ3) is 5.07. The van der Waals surface area contributed by atoms with Crippen LogP contribution in [0.5, 0.6) is 5.75 Å². The van der Waals surface area contributed by atoms with E-state index in [0.29, 0.717) is 24.9 Å². The fourth-order valence-electron chi connectivity index (χ4n) is 2.16. The van der Waals surface area contributed by atoms with Crippen molar-refractivity contribution in [3.63, 3.8) is 0 Å². The lowest BCUT2D eigenvalue weighted by atomic mass is 10.1. The minimum Gasteiger partial charge on any atom is -0.507 e. The fourth-order valence-corrected chi connectivity index (χ4v) is 2.31. The van der Waals surface area contributed by atoms with Crippen LogP contribution in [0.25, 0.3) is 10.8 Å². The van der Waals surface area contributed by atoms with Crippen molar-refractivity contribution in [2.45, 2.75) is 13.3 Å². The Morgan fingerprint density at radius 1 is 1.21 bits per heavy atom. The first-order valence-electron chi connectivity index (χ1n) is 7.75. The fraction of sp³-hybridized carbons (Fsp3) is 0.294. The van der Waals surface area contributed by atoms with E-state index in [0.717, 1.165) is 17.2 Å². The maximum atomic E-state index is 12.2. The number of hydrazine groups is 1. The Kier molecular flexibility index (Phi) is 6.77. The molecular formula is C17H21N3O3S. The molecule has 0 aromatic heterocycles. The number of aromatic hydroxyl groups is 1. The van der Waals surface area contributed by atoms with E-state index < -0.39 is 5.91 Å². The van der Waals surface area contributed by atoms with Crippen LogP contribution in [0.15, 0.2) is 36.4 Å². The molecule has 4 N–H and O–H groups in total. The van der Waals surface area contributed by atoms with Crippen LogP contribution < -0.4 is 16.2 Å². The summed E-state index contributed by atoms with van der Waals surface area (Å²) < 4.78 is 5.22. The van der Waals surface area contributed by atoms with Gasteiger partial charge < -0.3 is 15.2 Å². The number of thiocarbonyl (C=S) groups is 1. The smallest absolute Gasteiger partial charge is 0.273 e. The second kappa shape index (κ2) is 9.05. The minimum absolute atomic E-state index is 0.0800. The first-order valence-corrected chi connectivity index (χ1v) is 8.16. The number of hydrogen-bond acceptors (Lipinski definition) is 4. The molecule has 0 aliphatic rings. The number of phenols is 1. The van der Waals surface area contributed by atoms with Crippen LogP contribution in [0.1, 0.15) is 23.7 Å². The predicted octanol–water partition coefficient (Wildman–Crippen LogP) is 2.08. The van der Waals surface area contributed by atoms with E-state index in [9.17, 15) is 9.90 Å². The SMILES string of the molecule is CCOCCCNC(=S)NNC(=O)c1cc2ccccc2cc1O. The van der Waals surface area contributed by atoms with Gasteiger partial charge in [0.05, 0.1) is 5.56 Å². The first kappa shape index (κ1) is 18.0. The second-order valence-corrected chi connectivity index (χ2v) is 5.51. The van der Waals surface area contributed by atoms with Gasteiger partial charge in [0.25, 0.3) is 5.91 Å². The number of rotatable bonds is 6. The molecule has 0 fully saturated rings. The van der Waals surface area contributed by atoms with Crippen molar-refractivity contribution in [2.24, 2.45) is 0 Å². The maximum Gasteiger partial charge on any atom is 0.273 e. The second-order valence-electron chi connectivity index (χ2n) is 5.10. The molecule has 0 aliphatic carbocycles. The lowest BCUT2D eigenvalue weighted by molar-refractivity contribution is 0.0941. The molecule has 2 aromatic rings. The lowest BCUT2D eigenvalue weighted by Crippen LogP contribution is -2.47. The molecule has 2 rings (SSSR count). The zero-order valence-electron chi connectivity index (χ0n) is 13.5. The largest absolute Gasteiger partial charge is 0.507 e. The summed E-state index contributed by atoms with van der Waals surface area (Å²) in [6, 6.07) is 10.7. The average Bonchev–Trinajstić information content (AvgIpc) is 2.59. The Bertz CT molecular complexity index is 721. The number of carbonyl (C=O) groups is 1. The molecule has 0 saturated carbocycles. The van der Waals surface area contributed by atoms with Gasteiger partial charge in [-0.3, -0.25) is 15.6 Å². The molecule has 0 heterocycles. The molecule has 0 aliphatic heterocycles. The molecule has 1 amide bonds. The summed E-state index contributed by atoms with van der Waals surface area (Å²) in [4.78, 5) is 12.2. The zero-order valence-corrected chi connectivity index (χ0v) is 14.3. The molecule has 128 valence electrons. The Labute approximate surface area is 146 Å². The highest BCUT2D eigenvalue weighted by Crippen LogP contribution is 2.24. The molecule has 2 aromatic carbocycles. The summed E-state index contributed by atoms with van der Waals surface area (Å²) in [5.41, 5.74) is 5.27. The van der Waals surface area contributed by atoms with Gasteiger partial charge in [-0.2, -0.15) is 0 Å². The summed E-state index contributed by atoms with van der Waals surface area (Å²) in [5, 5.41) is 15.0. The van der Waals surface area contributed by atoms with E-state index >= 15 is 0 Å². The van der Waals surface area contributed by atoms with Gasteiger partial charge in [-0.25, -0.2) is 0 Å². The number of ether oxygens (including phenoxy) is 1. The van der Waals surface area contributed by atoms with Crippen molar-refractivity contribution in [2.75, 3.05) is 19.8 Å². The summed E-state index contributed by atoms with van der Waals surface area (Å²) in [6.07, 6.45) is 0.815. The minimum atomic E-state index is -0.461. The number of carbonyl (C=O) groups excluding carboxylic acids is 1. The molecule has 0 bridgehead atoms. The van der Waals surface area contributed by atoms with Crippen molar-refractivity contribution in [3.05, 3.63) is 42.0 Å².